The molecule has 0 spiro atoms. The Morgan fingerprint density at radius 2 is 2.05 bits per heavy atom. The maximum Gasteiger partial charge on any atom is 0.145 e. The molecule has 0 radical (unpaired) electrons. The molecule has 118 valence electrons. The van der Waals surface area contributed by atoms with Gasteiger partial charge in [-0.05, 0) is 34.6 Å². The summed E-state index contributed by atoms with van der Waals surface area (Å²) < 4.78 is 40.1. The van der Waals surface area contributed by atoms with Crippen LogP contribution in [0.1, 0.15) is 31.4 Å². The number of ether oxygens (including phenoxy) is 2. The Kier molecular flexibility index (Phi) is 5.71. The van der Waals surface area contributed by atoms with Crippen molar-refractivity contribution in [2.24, 2.45) is 0 Å². The number of nitrogens with one attached hydrogen (secondary N) is 1. The maximum absolute atomic E-state index is 14.5. The third-order valence-electron chi connectivity index (χ3n) is 4.05. The first-order valence-electron chi connectivity index (χ1n) is 7.05. The van der Waals surface area contributed by atoms with E-state index in [0.717, 1.165) is 0 Å². The summed E-state index contributed by atoms with van der Waals surface area (Å²) in [5.41, 5.74) is -0.647. The van der Waals surface area contributed by atoms with Gasteiger partial charge in [0.25, 0.3) is 0 Å². The van der Waals surface area contributed by atoms with Gasteiger partial charge in [-0.25, -0.2) is 8.78 Å². The van der Waals surface area contributed by atoms with E-state index >= 15 is 0 Å². The molecule has 1 aliphatic rings. The monoisotopic (exact) mass is 363 g/mol. The van der Waals surface area contributed by atoms with E-state index in [2.05, 4.69) is 21.2 Å². The third-order valence-corrected chi connectivity index (χ3v) is 4.66. The highest BCUT2D eigenvalue weighted by atomic mass is 79.9. The quantitative estimate of drug-likeness (QED) is 0.811. The van der Waals surface area contributed by atoms with Crippen molar-refractivity contribution in [1.82, 2.24) is 5.32 Å². The summed E-state index contributed by atoms with van der Waals surface area (Å²) in [6, 6.07) is 2.09. The lowest BCUT2D eigenvalue weighted by Gasteiger charge is -2.43. The molecule has 0 amide bonds. The Morgan fingerprint density at radius 3 is 2.62 bits per heavy atom. The van der Waals surface area contributed by atoms with Crippen molar-refractivity contribution >= 4 is 15.9 Å². The Bertz CT molecular complexity index is 493. The SMILES string of the molecule is CCNC(c1c(F)ccc(Br)c1F)C1(OC)CCOCC1. The summed E-state index contributed by atoms with van der Waals surface area (Å²) in [6.45, 7) is 3.53. The zero-order chi connectivity index (χ0) is 15.5. The minimum absolute atomic E-state index is 0.0231. The second-order valence-corrected chi connectivity index (χ2v) is 5.98. The zero-order valence-electron chi connectivity index (χ0n) is 12.2. The van der Waals surface area contributed by atoms with Crippen LogP contribution in [0.5, 0.6) is 0 Å². The third kappa shape index (κ3) is 3.28. The van der Waals surface area contributed by atoms with Gasteiger partial charge in [-0.15, -0.1) is 0 Å². The molecule has 1 unspecified atom stereocenters. The molecule has 0 aromatic heterocycles. The van der Waals surface area contributed by atoms with Crippen LogP contribution in [0.4, 0.5) is 8.78 Å². The Balaban J connectivity index is 2.50. The van der Waals surface area contributed by atoms with Crippen LogP contribution in [0.25, 0.3) is 0 Å². The predicted molar refractivity (Wildman–Crippen MR) is 80.3 cm³/mol. The molecule has 1 N–H and O–H groups in total. The lowest BCUT2D eigenvalue weighted by Crippen LogP contribution is -2.50. The molecule has 2 rings (SSSR count). The predicted octanol–water partition coefficient (Wildman–Crippen LogP) is 3.57. The summed E-state index contributed by atoms with van der Waals surface area (Å²) in [5.74, 6) is -1.14. The number of benzene rings is 1. The van der Waals surface area contributed by atoms with Crippen LogP contribution < -0.4 is 5.32 Å². The molecule has 1 aliphatic heterocycles. The highest BCUT2D eigenvalue weighted by Gasteiger charge is 2.43. The van der Waals surface area contributed by atoms with Crippen LogP contribution in [0, 0.1) is 11.6 Å². The molecule has 1 aromatic carbocycles. The van der Waals surface area contributed by atoms with Gasteiger partial charge >= 0.3 is 0 Å². The van der Waals surface area contributed by atoms with Gasteiger partial charge in [-0.2, -0.15) is 0 Å². The molecule has 1 saturated heterocycles. The van der Waals surface area contributed by atoms with E-state index in [4.69, 9.17) is 9.47 Å². The van der Waals surface area contributed by atoms with Crippen molar-refractivity contribution in [3.05, 3.63) is 33.8 Å². The van der Waals surface area contributed by atoms with Crippen molar-refractivity contribution in [2.75, 3.05) is 26.9 Å². The highest BCUT2D eigenvalue weighted by molar-refractivity contribution is 9.10. The molecule has 0 aliphatic carbocycles. The minimum Gasteiger partial charge on any atom is -0.381 e. The van der Waals surface area contributed by atoms with Gasteiger partial charge in [0.1, 0.15) is 11.6 Å². The van der Waals surface area contributed by atoms with Gasteiger partial charge in [0.15, 0.2) is 0 Å². The van der Waals surface area contributed by atoms with E-state index in [9.17, 15) is 8.78 Å². The largest absolute Gasteiger partial charge is 0.381 e. The molecule has 1 aromatic rings. The lowest BCUT2D eigenvalue weighted by atomic mass is 9.81. The molecular formula is C15H20BrF2NO2. The first kappa shape index (κ1) is 16.8. The molecule has 0 saturated carbocycles. The molecular weight excluding hydrogens is 344 g/mol. The van der Waals surface area contributed by atoms with Crippen LogP contribution in [0.2, 0.25) is 0 Å². The summed E-state index contributed by atoms with van der Waals surface area (Å²) in [5, 5.41) is 3.19. The van der Waals surface area contributed by atoms with E-state index < -0.39 is 23.3 Å². The Labute approximate surface area is 132 Å². The fourth-order valence-electron chi connectivity index (χ4n) is 2.89. The molecule has 1 heterocycles. The van der Waals surface area contributed by atoms with E-state index in [1.165, 1.54) is 12.1 Å². The van der Waals surface area contributed by atoms with Crippen molar-refractivity contribution in [3.8, 4) is 0 Å². The van der Waals surface area contributed by atoms with E-state index in [-0.39, 0.29) is 10.0 Å². The normalized spacial score (nSPS) is 19.5. The van der Waals surface area contributed by atoms with Crippen molar-refractivity contribution in [2.45, 2.75) is 31.4 Å². The number of hydrogen-bond acceptors (Lipinski definition) is 3. The van der Waals surface area contributed by atoms with Crippen molar-refractivity contribution < 1.29 is 18.3 Å². The summed E-state index contributed by atoms with van der Waals surface area (Å²) in [7, 11) is 1.59. The maximum atomic E-state index is 14.5. The number of halogens is 3. The van der Waals surface area contributed by atoms with E-state index in [0.29, 0.717) is 32.6 Å². The Morgan fingerprint density at radius 1 is 1.38 bits per heavy atom. The summed E-state index contributed by atoms with van der Waals surface area (Å²) in [4.78, 5) is 0. The molecule has 21 heavy (non-hydrogen) atoms. The first-order chi connectivity index (χ1) is 10.1. The standard InChI is InChI=1S/C15H20BrF2NO2/c1-3-19-14(15(20-2)6-8-21-9-7-15)12-11(17)5-4-10(16)13(12)18/h4-5,14,19H,3,6-9H2,1-2H3. The van der Waals surface area contributed by atoms with Crippen LogP contribution in [-0.4, -0.2) is 32.5 Å². The molecule has 0 bridgehead atoms. The van der Waals surface area contributed by atoms with E-state index in [1.54, 1.807) is 7.11 Å². The lowest BCUT2D eigenvalue weighted by molar-refractivity contribution is -0.112. The van der Waals surface area contributed by atoms with Crippen LogP contribution in [-0.2, 0) is 9.47 Å². The number of likely N-dealkylation sites (N-methyl/N-ethyl adjacent to an activating group) is 1. The van der Waals surface area contributed by atoms with Gasteiger partial charge in [0.2, 0.25) is 0 Å². The topological polar surface area (TPSA) is 30.5 Å². The smallest absolute Gasteiger partial charge is 0.145 e. The molecule has 3 nitrogen and oxygen atoms in total. The van der Waals surface area contributed by atoms with Crippen LogP contribution >= 0.6 is 15.9 Å². The molecule has 1 atom stereocenters. The second kappa shape index (κ2) is 7.13. The second-order valence-electron chi connectivity index (χ2n) is 5.13. The highest BCUT2D eigenvalue weighted by Crippen LogP contribution is 2.40. The van der Waals surface area contributed by atoms with Crippen LogP contribution in [0.15, 0.2) is 16.6 Å². The van der Waals surface area contributed by atoms with Gasteiger partial charge in [0, 0.05) is 38.7 Å². The molecule has 6 heteroatoms. The van der Waals surface area contributed by atoms with Gasteiger partial charge in [0.05, 0.1) is 16.1 Å². The average Bonchev–Trinajstić information content (AvgIpc) is 2.51. The van der Waals surface area contributed by atoms with E-state index in [1.807, 2.05) is 6.92 Å². The summed E-state index contributed by atoms with van der Waals surface area (Å²) >= 11 is 3.13. The number of methoxy groups -OCH3 is 1. The zero-order valence-corrected chi connectivity index (χ0v) is 13.8. The van der Waals surface area contributed by atoms with Crippen molar-refractivity contribution in [1.29, 1.82) is 0 Å². The number of hydrogen-bond donors (Lipinski definition) is 1. The average molecular weight is 364 g/mol. The number of rotatable bonds is 5. The van der Waals surface area contributed by atoms with Crippen molar-refractivity contribution in [3.63, 3.8) is 0 Å². The van der Waals surface area contributed by atoms with Gasteiger partial charge < -0.3 is 14.8 Å². The first-order valence-corrected chi connectivity index (χ1v) is 7.84. The fraction of sp³-hybridized carbons (Fsp3) is 0.600. The molecule has 1 fully saturated rings. The van der Waals surface area contributed by atoms with Gasteiger partial charge in [-0.1, -0.05) is 6.92 Å². The Hall–Kier alpha value is -0.560. The minimum atomic E-state index is -0.670. The fourth-order valence-corrected chi connectivity index (χ4v) is 3.24. The van der Waals surface area contributed by atoms with Crippen LogP contribution in [0.3, 0.4) is 0 Å². The van der Waals surface area contributed by atoms with Gasteiger partial charge in [-0.3, -0.25) is 0 Å². The summed E-state index contributed by atoms with van der Waals surface area (Å²) in [6.07, 6.45) is 1.18.